The highest BCUT2D eigenvalue weighted by molar-refractivity contribution is 9.10. The van der Waals surface area contributed by atoms with Gasteiger partial charge in [-0.2, -0.15) is 0 Å². The number of nitrogens with one attached hydrogen (secondary N) is 1. The third-order valence-corrected chi connectivity index (χ3v) is 5.11. The largest absolute Gasteiger partial charge is 0.481 e. The Morgan fingerprint density at radius 2 is 2.11 bits per heavy atom. The second-order valence-corrected chi connectivity index (χ2v) is 6.83. The van der Waals surface area contributed by atoms with Crippen molar-refractivity contribution in [3.8, 4) is 0 Å². The fraction of sp³-hybridized carbons (Fsp3) is 0.417. The molecule has 1 aromatic rings. The number of rotatable bonds is 6. The first-order valence-corrected chi connectivity index (χ1v) is 8.04. The van der Waals surface area contributed by atoms with Crippen LogP contribution in [-0.4, -0.2) is 26.0 Å². The van der Waals surface area contributed by atoms with Gasteiger partial charge in [0.25, 0.3) is 0 Å². The average molecular weight is 350 g/mol. The summed E-state index contributed by atoms with van der Waals surface area (Å²) in [5, 5.41) is 8.88. The van der Waals surface area contributed by atoms with Crippen LogP contribution in [0, 0.1) is 12.8 Å². The van der Waals surface area contributed by atoms with Crippen LogP contribution >= 0.6 is 15.9 Å². The quantitative estimate of drug-likeness (QED) is 0.824. The summed E-state index contributed by atoms with van der Waals surface area (Å²) < 4.78 is 27.2. The van der Waals surface area contributed by atoms with Gasteiger partial charge in [0.05, 0.1) is 10.8 Å². The molecular weight excluding hydrogens is 334 g/mol. The second kappa shape index (κ2) is 6.49. The van der Waals surface area contributed by atoms with E-state index in [2.05, 4.69) is 20.7 Å². The minimum Gasteiger partial charge on any atom is -0.481 e. The van der Waals surface area contributed by atoms with E-state index in [9.17, 15) is 13.2 Å². The van der Waals surface area contributed by atoms with E-state index in [1.807, 2.05) is 0 Å². The molecule has 0 aromatic heterocycles. The van der Waals surface area contributed by atoms with Gasteiger partial charge < -0.3 is 5.11 Å². The lowest BCUT2D eigenvalue weighted by atomic mass is 10.1. The molecule has 106 valence electrons. The predicted octanol–water partition coefficient (Wildman–Crippen LogP) is 2.15. The number of halogens is 1. The highest BCUT2D eigenvalue weighted by atomic mass is 79.9. The molecule has 0 radical (unpaired) electrons. The topological polar surface area (TPSA) is 83.5 Å². The van der Waals surface area contributed by atoms with E-state index in [0.29, 0.717) is 6.42 Å². The third-order valence-electron chi connectivity index (χ3n) is 2.80. The van der Waals surface area contributed by atoms with Gasteiger partial charge in [-0.15, -0.1) is 0 Å². The molecule has 0 heterocycles. The minimum atomic E-state index is -3.67. The van der Waals surface area contributed by atoms with Crippen LogP contribution in [0.15, 0.2) is 27.6 Å². The van der Waals surface area contributed by atoms with Gasteiger partial charge in [0, 0.05) is 11.0 Å². The van der Waals surface area contributed by atoms with E-state index < -0.39 is 21.9 Å². The molecule has 1 aromatic carbocycles. The summed E-state index contributed by atoms with van der Waals surface area (Å²) in [6, 6.07) is 4.66. The lowest BCUT2D eigenvalue weighted by Crippen LogP contribution is -2.32. The summed E-state index contributed by atoms with van der Waals surface area (Å²) in [5.74, 6) is -1.72. The van der Waals surface area contributed by atoms with Gasteiger partial charge in [0.15, 0.2) is 0 Å². The van der Waals surface area contributed by atoms with Crippen LogP contribution in [0.3, 0.4) is 0 Å². The smallest absolute Gasteiger partial charge is 0.307 e. The lowest BCUT2D eigenvalue weighted by molar-refractivity contribution is -0.141. The Bertz CT molecular complexity index is 571. The number of benzene rings is 1. The number of carboxylic acids is 1. The van der Waals surface area contributed by atoms with Gasteiger partial charge in [-0.05, 0) is 37.1 Å². The van der Waals surface area contributed by atoms with Crippen molar-refractivity contribution in [3.63, 3.8) is 0 Å². The number of hydrogen-bond donors (Lipinski definition) is 2. The Balaban J connectivity index is 2.86. The standard InChI is InChI=1S/C12H16BrNO4S/c1-3-9(12(15)16)7-14-19(17,18)10-4-5-11(13)8(2)6-10/h4-6,9,14H,3,7H2,1-2H3,(H,15,16). The number of sulfonamides is 1. The maximum Gasteiger partial charge on any atom is 0.307 e. The van der Waals surface area contributed by atoms with Crippen molar-refractivity contribution >= 4 is 31.9 Å². The molecule has 0 saturated heterocycles. The summed E-state index contributed by atoms with van der Waals surface area (Å²) >= 11 is 3.30. The highest BCUT2D eigenvalue weighted by Gasteiger charge is 2.20. The lowest BCUT2D eigenvalue weighted by Gasteiger charge is -2.12. The first-order chi connectivity index (χ1) is 8.77. The van der Waals surface area contributed by atoms with E-state index in [1.54, 1.807) is 19.9 Å². The SMILES string of the molecule is CCC(CNS(=O)(=O)c1ccc(Br)c(C)c1)C(=O)O. The zero-order valence-corrected chi connectivity index (χ0v) is 13.1. The van der Waals surface area contributed by atoms with Crippen molar-refractivity contribution in [3.05, 3.63) is 28.2 Å². The van der Waals surface area contributed by atoms with Crippen molar-refractivity contribution in [2.45, 2.75) is 25.2 Å². The summed E-state index contributed by atoms with van der Waals surface area (Å²) in [4.78, 5) is 11.0. The van der Waals surface area contributed by atoms with Gasteiger partial charge in [0.1, 0.15) is 0 Å². The highest BCUT2D eigenvalue weighted by Crippen LogP contribution is 2.20. The molecule has 1 unspecified atom stereocenters. The molecule has 0 aliphatic heterocycles. The molecule has 0 bridgehead atoms. The maximum absolute atomic E-state index is 12.0. The maximum atomic E-state index is 12.0. The minimum absolute atomic E-state index is 0.108. The van der Waals surface area contributed by atoms with Crippen LogP contribution in [0.1, 0.15) is 18.9 Å². The van der Waals surface area contributed by atoms with Gasteiger partial charge in [-0.3, -0.25) is 4.79 Å². The molecule has 1 rings (SSSR count). The first kappa shape index (κ1) is 16.1. The van der Waals surface area contributed by atoms with Crippen molar-refractivity contribution < 1.29 is 18.3 Å². The molecule has 19 heavy (non-hydrogen) atoms. The molecule has 2 N–H and O–H groups in total. The van der Waals surface area contributed by atoms with Crippen LogP contribution in [0.2, 0.25) is 0 Å². The number of aryl methyl sites for hydroxylation is 1. The summed E-state index contributed by atoms with van der Waals surface area (Å²) in [6.45, 7) is 3.38. The van der Waals surface area contributed by atoms with Gasteiger partial charge in [-0.25, -0.2) is 13.1 Å². The van der Waals surface area contributed by atoms with E-state index in [1.165, 1.54) is 12.1 Å². The molecule has 0 aliphatic rings. The Labute approximate surface area is 121 Å². The van der Waals surface area contributed by atoms with Crippen LogP contribution in [-0.2, 0) is 14.8 Å². The summed E-state index contributed by atoms with van der Waals surface area (Å²) in [5.41, 5.74) is 0.799. The van der Waals surface area contributed by atoms with Gasteiger partial charge in [-0.1, -0.05) is 22.9 Å². The predicted molar refractivity (Wildman–Crippen MR) is 75.5 cm³/mol. The molecule has 5 nitrogen and oxygen atoms in total. The fourth-order valence-corrected chi connectivity index (χ4v) is 2.90. The van der Waals surface area contributed by atoms with Crippen molar-refractivity contribution in [2.24, 2.45) is 5.92 Å². The van der Waals surface area contributed by atoms with Crippen molar-refractivity contribution in [2.75, 3.05) is 6.54 Å². The average Bonchev–Trinajstić information content (AvgIpc) is 2.32. The van der Waals surface area contributed by atoms with Crippen molar-refractivity contribution in [1.29, 1.82) is 0 Å². The molecule has 0 spiro atoms. The Kier molecular flexibility index (Phi) is 5.51. The first-order valence-electron chi connectivity index (χ1n) is 5.76. The molecule has 0 saturated carbocycles. The van der Waals surface area contributed by atoms with Gasteiger partial charge in [0.2, 0.25) is 10.0 Å². The zero-order valence-electron chi connectivity index (χ0n) is 10.7. The molecule has 7 heteroatoms. The van der Waals surface area contributed by atoms with Crippen LogP contribution in [0.5, 0.6) is 0 Å². The van der Waals surface area contributed by atoms with Crippen LogP contribution in [0.25, 0.3) is 0 Å². The summed E-state index contributed by atoms with van der Waals surface area (Å²) in [6.07, 6.45) is 0.372. The molecule has 0 fully saturated rings. The molecule has 1 atom stereocenters. The number of aliphatic carboxylic acids is 1. The third kappa shape index (κ3) is 4.29. The monoisotopic (exact) mass is 349 g/mol. The number of carboxylic acid groups (broad SMARTS) is 1. The van der Waals surface area contributed by atoms with E-state index in [-0.39, 0.29) is 11.4 Å². The normalized spacial score (nSPS) is 13.2. The van der Waals surface area contributed by atoms with E-state index in [4.69, 9.17) is 5.11 Å². The Morgan fingerprint density at radius 3 is 2.58 bits per heavy atom. The fourth-order valence-electron chi connectivity index (χ4n) is 1.48. The zero-order chi connectivity index (χ0) is 14.6. The Morgan fingerprint density at radius 1 is 1.47 bits per heavy atom. The molecular formula is C12H16BrNO4S. The molecule has 0 amide bonds. The van der Waals surface area contributed by atoms with E-state index >= 15 is 0 Å². The summed E-state index contributed by atoms with van der Waals surface area (Å²) in [7, 11) is -3.67. The van der Waals surface area contributed by atoms with Crippen LogP contribution < -0.4 is 4.72 Å². The molecule has 0 aliphatic carbocycles. The number of hydrogen-bond acceptors (Lipinski definition) is 3. The van der Waals surface area contributed by atoms with E-state index in [0.717, 1.165) is 10.0 Å². The van der Waals surface area contributed by atoms with Crippen LogP contribution in [0.4, 0.5) is 0 Å². The van der Waals surface area contributed by atoms with Crippen molar-refractivity contribution in [1.82, 2.24) is 4.72 Å². The van der Waals surface area contributed by atoms with Gasteiger partial charge >= 0.3 is 5.97 Å². The second-order valence-electron chi connectivity index (χ2n) is 4.21. The Hall–Kier alpha value is -0.920. The number of carbonyl (C=O) groups is 1.